The van der Waals surface area contributed by atoms with Gasteiger partial charge in [-0.15, -0.1) is 0 Å². The van der Waals surface area contributed by atoms with Gasteiger partial charge in [0.15, 0.2) is 11.6 Å². The fourth-order valence-corrected chi connectivity index (χ4v) is 6.19. The van der Waals surface area contributed by atoms with Gasteiger partial charge in [0, 0.05) is 74.3 Å². The number of piperazine rings is 1. The Morgan fingerprint density at radius 1 is 1.02 bits per heavy atom. The molecule has 0 bridgehead atoms. The summed E-state index contributed by atoms with van der Waals surface area (Å²) in [6, 6.07) is 12.5. The molecule has 212 valence electrons. The molecule has 3 aliphatic rings. The second-order valence-corrected chi connectivity index (χ2v) is 11.6. The Morgan fingerprint density at radius 3 is 2.42 bits per heavy atom. The van der Waals surface area contributed by atoms with Gasteiger partial charge < -0.3 is 36.0 Å². The summed E-state index contributed by atoms with van der Waals surface area (Å²) < 4.78 is 5.60. The monoisotopic (exact) mass is 544 g/mol. The molecule has 2 saturated heterocycles. The van der Waals surface area contributed by atoms with Gasteiger partial charge in [-0.05, 0) is 81.5 Å². The van der Waals surface area contributed by atoms with Crippen molar-refractivity contribution in [2.45, 2.75) is 44.9 Å². The number of aliphatic hydroxyl groups is 1. The smallest absolute Gasteiger partial charge is 0.158 e. The molecule has 1 saturated carbocycles. The topological polar surface area (TPSA) is 125 Å². The van der Waals surface area contributed by atoms with Crippen LogP contribution >= 0.6 is 0 Å². The fraction of sp³-hybridized carbons (Fsp3) is 0.500. The normalized spacial score (nSPS) is 20.2. The van der Waals surface area contributed by atoms with E-state index in [2.05, 4.69) is 44.6 Å². The summed E-state index contributed by atoms with van der Waals surface area (Å²) in [6.45, 7) is 7.78. The predicted octanol–water partition coefficient (Wildman–Crippen LogP) is 3.66. The summed E-state index contributed by atoms with van der Waals surface area (Å²) in [4.78, 5) is 18.9. The lowest BCUT2D eigenvalue weighted by molar-refractivity contribution is -0.0342. The first-order chi connectivity index (χ1) is 19.4. The molecule has 40 heavy (non-hydrogen) atoms. The van der Waals surface area contributed by atoms with Crippen molar-refractivity contribution in [1.82, 2.24) is 19.9 Å². The molecule has 10 nitrogen and oxygen atoms in total. The first-order valence-electron chi connectivity index (χ1n) is 14.3. The van der Waals surface area contributed by atoms with Crippen molar-refractivity contribution < 1.29 is 9.84 Å². The molecule has 0 radical (unpaired) electrons. The van der Waals surface area contributed by atoms with Gasteiger partial charge in [-0.3, -0.25) is 4.98 Å². The number of pyridine rings is 1. The van der Waals surface area contributed by atoms with Crippen molar-refractivity contribution >= 4 is 23.0 Å². The zero-order chi connectivity index (χ0) is 27.7. The highest BCUT2D eigenvalue weighted by Gasteiger charge is 2.45. The number of hydrogen-bond acceptors (Lipinski definition) is 10. The molecular formula is C30H40N8O2. The van der Waals surface area contributed by atoms with Gasteiger partial charge in [0.2, 0.25) is 0 Å². The largest absolute Gasteiger partial charge is 0.381 e. The van der Waals surface area contributed by atoms with Crippen LogP contribution < -0.4 is 21.3 Å². The van der Waals surface area contributed by atoms with Crippen LogP contribution in [0.3, 0.4) is 0 Å². The average molecular weight is 545 g/mol. The lowest BCUT2D eigenvalue weighted by Gasteiger charge is -2.50. The Morgan fingerprint density at radius 2 is 1.75 bits per heavy atom. The summed E-state index contributed by atoms with van der Waals surface area (Å²) in [5.41, 5.74) is 11.2. The van der Waals surface area contributed by atoms with Crippen molar-refractivity contribution in [2.75, 3.05) is 62.0 Å². The zero-order valence-corrected chi connectivity index (χ0v) is 23.4. The lowest BCUT2D eigenvalue weighted by Crippen LogP contribution is -2.48. The molecule has 1 aromatic carbocycles. The Hall–Kier alpha value is -3.31. The Balaban J connectivity index is 1.28. The number of ether oxygens (including phenoxy) is 1. The van der Waals surface area contributed by atoms with Crippen molar-refractivity contribution in [3.05, 3.63) is 54.0 Å². The molecule has 3 aromatic rings. The number of rotatable bonds is 7. The van der Waals surface area contributed by atoms with Gasteiger partial charge in [-0.1, -0.05) is 0 Å². The van der Waals surface area contributed by atoms with Crippen molar-refractivity contribution in [3.8, 4) is 11.3 Å². The molecule has 6 rings (SSSR count). The van der Waals surface area contributed by atoms with Crippen molar-refractivity contribution in [3.63, 3.8) is 0 Å². The quantitative estimate of drug-likeness (QED) is 0.328. The number of anilines is 4. The molecule has 10 heteroatoms. The number of nitrogens with one attached hydrogen (secondary N) is 2. The molecular weight excluding hydrogens is 504 g/mol. The van der Waals surface area contributed by atoms with Crippen molar-refractivity contribution in [2.24, 2.45) is 11.1 Å². The highest BCUT2D eigenvalue weighted by atomic mass is 16.5. The Kier molecular flexibility index (Phi) is 7.59. The van der Waals surface area contributed by atoms with Crippen LogP contribution in [0.4, 0.5) is 23.0 Å². The predicted molar refractivity (Wildman–Crippen MR) is 158 cm³/mol. The summed E-state index contributed by atoms with van der Waals surface area (Å²) in [7, 11) is 2.16. The van der Waals surface area contributed by atoms with E-state index in [4.69, 9.17) is 20.4 Å². The van der Waals surface area contributed by atoms with E-state index in [9.17, 15) is 5.11 Å². The first kappa shape index (κ1) is 26.9. The number of aryl methyl sites for hydroxylation is 1. The maximum atomic E-state index is 10.5. The van der Waals surface area contributed by atoms with Crippen LogP contribution in [-0.2, 0) is 4.74 Å². The van der Waals surface area contributed by atoms with E-state index < -0.39 is 6.23 Å². The van der Waals surface area contributed by atoms with E-state index in [0.29, 0.717) is 34.5 Å². The van der Waals surface area contributed by atoms with Crippen LogP contribution in [-0.4, -0.2) is 77.4 Å². The summed E-state index contributed by atoms with van der Waals surface area (Å²) in [5, 5.41) is 17.6. The molecule has 3 fully saturated rings. The van der Waals surface area contributed by atoms with Gasteiger partial charge in [-0.25, -0.2) is 9.97 Å². The number of nitrogens with two attached hydrogens (primary N) is 1. The van der Waals surface area contributed by atoms with Gasteiger partial charge in [-0.2, -0.15) is 0 Å². The molecule has 1 unspecified atom stereocenters. The second kappa shape index (κ2) is 11.3. The highest BCUT2D eigenvalue weighted by molar-refractivity contribution is 5.75. The maximum absolute atomic E-state index is 10.5. The van der Waals surface area contributed by atoms with E-state index in [0.717, 1.165) is 82.0 Å². The van der Waals surface area contributed by atoms with Gasteiger partial charge >= 0.3 is 0 Å². The average Bonchev–Trinajstić information content (AvgIpc) is 2.94. The van der Waals surface area contributed by atoms with Crippen LogP contribution in [0.15, 0.2) is 42.6 Å². The summed E-state index contributed by atoms with van der Waals surface area (Å²) in [6.07, 6.45) is 4.88. The Bertz CT molecular complexity index is 1310. The highest BCUT2D eigenvalue weighted by Crippen LogP contribution is 2.50. The zero-order valence-electron chi connectivity index (χ0n) is 23.4. The molecule has 1 atom stereocenters. The minimum absolute atomic E-state index is 0.299. The SMILES string of the molecule is Cc1cc(-c2nc(C(N)O)c(Nc3ccc(N4CCN(C)CC4)cc3)nc2NC2CC3(CCOCC3)C2)ccn1. The van der Waals surface area contributed by atoms with Crippen LogP contribution in [0.2, 0.25) is 0 Å². The van der Waals surface area contributed by atoms with E-state index in [1.807, 2.05) is 31.2 Å². The number of benzene rings is 1. The van der Waals surface area contributed by atoms with E-state index in [-0.39, 0.29) is 0 Å². The van der Waals surface area contributed by atoms with Gasteiger partial charge in [0.1, 0.15) is 17.6 Å². The molecule has 5 N–H and O–H groups in total. The third-order valence-electron chi connectivity index (χ3n) is 8.62. The molecule has 1 aliphatic carbocycles. The standard InChI is InChI=1S/C30H40N8O2/c1-20-17-21(7-10-32-20)25-28(34-23-18-30(19-23)8-15-40-16-9-30)36-29(26(35-25)27(31)39)33-22-3-5-24(6-4-22)38-13-11-37(2)12-14-38/h3-7,10,17,23,27,39H,8-9,11-16,18-19,31H2,1-2H3,(H2,33,34,36). The number of aromatic nitrogens is 3. The first-order valence-corrected chi connectivity index (χ1v) is 14.3. The number of hydrogen-bond donors (Lipinski definition) is 4. The third-order valence-corrected chi connectivity index (χ3v) is 8.62. The Labute approximate surface area is 236 Å². The molecule has 4 heterocycles. The maximum Gasteiger partial charge on any atom is 0.158 e. The number of aliphatic hydroxyl groups excluding tert-OH is 1. The van der Waals surface area contributed by atoms with Crippen LogP contribution in [0, 0.1) is 12.3 Å². The minimum Gasteiger partial charge on any atom is -0.381 e. The fourth-order valence-electron chi connectivity index (χ4n) is 6.19. The molecule has 2 aromatic heterocycles. The van der Waals surface area contributed by atoms with Gasteiger partial charge in [0.25, 0.3) is 0 Å². The lowest BCUT2D eigenvalue weighted by atomic mass is 9.61. The molecule has 1 spiro atoms. The number of nitrogens with zero attached hydrogens (tertiary/aromatic N) is 5. The van der Waals surface area contributed by atoms with Crippen LogP contribution in [0.1, 0.15) is 43.3 Å². The third kappa shape index (κ3) is 5.76. The summed E-state index contributed by atoms with van der Waals surface area (Å²) in [5.74, 6) is 1.12. The van der Waals surface area contributed by atoms with Crippen LogP contribution in [0.25, 0.3) is 11.3 Å². The van der Waals surface area contributed by atoms with E-state index >= 15 is 0 Å². The number of likely N-dealkylation sites (N-methyl/N-ethyl adjacent to an activating group) is 1. The second-order valence-electron chi connectivity index (χ2n) is 11.6. The van der Waals surface area contributed by atoms with E-state index in [1.54, 1.807) is 6.20 Å². The van der Waals surface area contributed by atoms with Crippen molar-refractivity contribution in [1.29, 1.82) is 0 Å². The summed E-state index contributed by atoms with van der Waals surface area (Å²) >= 11 is 0. The molecule has 0 amide bonds. The van der Waals surface area contributed by atoms with Gasteiger partial charge in [0.05, 0.1) is 0 Å². The van der Waals surface area contributed by atoms with E-state index in [1.165, 1.54) is 5.69 Å². The van der Waals surface area contributed by atoms with Crippen LogP contribution in [0.5, 0.6) is 0 Å². The minimum atomic E-state index is -1.29. The molecule has 2 aliphatic heterocycles.